The molecule has 1 saturated heterocycles. The number of rotatable bonds is 1. The van der Waals surface area contributed by atoms with Crippen molar-refractivity contribution in [1.82, 2.24) is 16.0 Å². The van der Waals surface area contributed by atoms with Crippen molar-refractivity contribution in [1.29, 1.82) is 0 Å². The monoisotopic (exact) mass is 182 g/mol. The van der Waals surface area contributed by atoms with Crippen molar-refractivity contribution in [3.8, 4) is 0 Å². The number of piperidine rings is 1. The molecule has 0 radical (unpaired) electrons. The van der Waals surface area contributed by atoms with E-state index in [1.807, 2.05) is 0 Å². The third-order valence-corrected chi connectivity index (χ3v) is 2.76. The van der Waals surface area contributed by atoms with Crippen LogP contribution in [0.15, 0.2) is 4.99 Å². The fraction of sp³-hybridized carbons (Fsp3) is 0.889. The molecular weight excluding hydrogens is 164 g/mol. The molecule has 0 aliphatic carbocycles. The van der Waals surface area contributed by atoms with Crippen molar-refractivity contribution in [2.24, 2.45) is 4.99 Å². The van der Waals surface area contributed by atoms with Gasteiger partial charge in [0.25, 0.3) is 0 Å². The van der Waals surface area contributed by atoms with E-state index in [2.05, 4.69) is 27.9 Å². The van der Waals surface area contributed by atoms with Crippen LogP contribution in [0, 0.1) is 0 Å². The van der Waals surface area contributed by atoms with E-state index < -0.39 is 0 Å². The van der Waals surface area contributed by atoms with Crippen LogP contribution >= 0.6 is 0 Å². The van der Waals surface area contributed by atoms with Gasteiger partial charge in [0, 0.05) is 18.6 Å². The first kappa shape index (κ1) is 8.81. The molecule has 13 heavy (non-hydrogen) atoms. The van der Waals surface area contributed by atoms with Gasteiger partial charge >= 0.3 is 0 Å². The third kappa shape index (κ3) is 2.12. The van der Waals surface area contributed by atoms with Gasteiger partial charge in [-0.3, -0.25) is 4.99 Å². The molecule has 4 heteroatoms. The zero-order valence-corrected chi connectivity index (χ0v) is 8.14. The van der Waals surface area contributed by atoms with E-state index in [1.165, 1.54) is 12.8 Å². The molecular formula is C9H18N4. The second kappa shape index (κ2) is 3.96. The number of aliphatic imine (C=N–C) groups is 1. The summed E-state index contributed by atoms with van der Waals surface area (Å²) < 4.78 is 0. The van der Waals surface area contributed by atoms with E-state index in [9.17, 15) is 0 Å². The zero-order chi connectivity index (χ0) is 9.10. The summed E-state index contributed by atoms with van der Waals surface area (Å²) in [7, 11) is 0. The van der Waals surface area contributed by atoms with E-state index in [-0.39, 0.29) is 0 Å². The van der Waals surface area contributed by atoms with Crippen LogP contribution in [0.2, 0.25) is 0 Å². The summed E-state index contributed by atoms with van der Waals surface area (Å²) in [5.41, 5.74) is 0. The highest BCUT2D eigenvalue weighted by Gasteiger charge is 2.21. The molecule has 1 fully saturated rings. The quantitative estimate of drug-likeness (QED) is 0.521. The minimum Gasteiger partial charge on any atom is -0.355 e. The summed E-state index contributed by atoms with van der Waals surface area (Å²) in [6.45, 7) is 5.28. The lowest BCUT2D eigenvalue weighted by atomic mass is 10.0. The summed E-state index contributed by atoms with van der Waals surface area (Å²) in [5.74, 6) is 0.987. The summed E-state index contributed by atoms with van der Waals surface area (Å²) in [4.78, 5) is 4.33. The highest BCUT2D eigenvalue weighted by Crippen LogP contribution is 2.07. The second-order valence-electron chi connectivity index (χ2n) is 3.79. The highest BCUT2D eigenvalue weighted by atomic mass is 15.2. The largest absolute Gasteiger partial charge is 0.355 e. The van der Waals surface area contributed by atoms with E-state index in [0.717, 1.165) is 25.6 Å². The van der Waals surface area contributed by atoms with Crippen LogP contribution in [-0.4, -0.2) is 37.7 Å². The zero-order valence-electron chi connectivity index (χ0n) is 8.14. The third-order valence-electron chi connectivity index (χ3n) is 2.76. The smallest absolute Gasteiger partial charge is 0.191 e. The summed E-state index contributed by atoms with van der Waals surface area (Å²) >= 11 is 0. The van der Waals surface area contributed by atoms with Crippen molar-refractivity contribution >= 4 is 5.96 Å². The molecule has 2 aliphatic rings. The number of hydrogen-bond acceptors (Lipinski definition) is 4. The maximum absolute atomic E-state index is 4.33. The lowest BCUT2D eigenvalue weighted by Gasteiger charge is -2.31. The maximum atomic E-state index is 4.33. The van der Waals surface area contributed by atoms with Gasteiger partial charge in [-0.2, -0.15) is 0 Å². The SMILES string of the molecule is C[C@@H]1NCCC[C@@H]1NC1=NCCN1. The Hall–Kier alpha value is -0.770. The lowest BCUT2D eigenvalue weighted by Crippen LogP contribution is -2.53. The molecule has 0 saturated carbocycles. The number of guanidine groups is 1. The average Bonchev–Trinajstić information content (AvgIpc) is 2.61. The predicted molar refractivity (Wildman–Crippen MR) is 53.9 cm³/mol. The van der Waals surface area contributed by atoms with Crippen molar-refractivity contribution < 1.29 is 0 Å². The van der Waals surface area contributed by atoms with Crippen molar-refractivity contribution in [3.05, 3.63) is 0 Å². The van der Waals surface area contributed by atoms with Crippen LogP contribution < -0.4 is 16.0 Å². The average molecular weight is 182 g/mol. The molecule has 74 valence electrons. The Bertz CT molecular complexity index is 202. The molecule has 2 rings (SSSR count). The van der Waals surface area contributed by atoms with Gasteiger partial charge < -0.3 is 16.0 Å². The van der Waals surface area contributed by atoms with E-state index >= 15 is 0 Å². The minimum atomic E-state index is 0.540. The molecule has 0 amide bonds. The van der Waals surface area contributed by atoms with Gasteiger partial charge in [-0.1, -0.05) is 0 Å². The molecule has 4 nitrogen and oxygen atoms in total. The van der Waals surface area contributed by atoms with Gasteiger partial charge in [-0.25, -0.2) is 0 Å². The standard InChI is InChI=1S/C9H18N4/c1-7-8(3-2-4-10-7)13-9-11-5-6-12-9/h7-8,10H,2-6H2,1H3,(H2,11,12,13)/t7-,8-/m0/s1. The van der Waals surface area contributed by atoms with E-state index in [0.29, 0.717) is 12.1 Å². The Morgan fingerprint density at radius 3 is 3.08 bits per heavy atom. The van der Waals surface area contributed by atoms with Gasteiger partial charge in [0.2, 0.25) is 0 Å². The first-order chi connectivity index (χ1) is 6.36. The predicted octanol–water partition coefficient (Wildman–Crippen LogP) is -0.324. The Balaban J connectivity index is 1.85. The van der Waals surface area contributed by atoms with Crippen LogP contribution in [0.4, 0.5) is 0 Å². The lowest BCUT2D eigenvalue weighted by molar-refractivity contribution is 0.346. The van der Waals surface area contributed by atoms with Crippen molar-refractivity contribution in [3.63, 3.8) is 0 Å². The van der Waals surface area contributed by atoms with E-state index in [1.54, 1.807) is 0 Å². The Morgan fingerprint density at radius 1 is 1.46 bits per heavy atom. The molecule has 2 aliphatic heterocycles. The molecule has 0 aromatic carbocycles. The summed E-state index contributed by atoms with van der Waals surface area (Å²) in [5, 5.41) is 10.1. The van der Waals surface area contributed by atoms with E-state index in [4.69, 9.17) is 0 Å². The van der Waals surface area contributed by atoms with Crippen molar-refractivity contribution in [2.75, 3.05) is 19.6 Å². The van der Waals surface area contributed by atoms with Gasteiger partial charge in [0.1, 0.15) is 0 Å². The van der Waals surface area contributed by atoms with Crippen LogP contribution in [-0.2, 0) is 0 Å². The molecule has 2 atom stereocenters. The molecule has 0 aromatic heterocycles. The van der Waals surface area contributed by atoms with Crippen molar-refractivity contribution in [2.45, 2.75) is 31.8 Å². The Kier molecular flexibility index (Phi) is 2.68. The van der Waals surface area contributed by atoms with Gasteiger partial charge in [0.15, 0.2) is 5.96 Å². The van der Waals surface area contributed by atoms with Gasteiger partial charge in [-0.05, 0) is 26.3 Å². The molecule has 0 spiro atoms. The first-order valence-electron chi connectivity index (χ1n) is 5.14. The normalized spacial score (nSPS) is 33.8. The molecule has 3 N–H and O–H groups in total. The number of nitrogens with zero attached hydrogens (tertiary/aromatic N) is 1. The molecule has 0 unspecified atom stereocenters. The second-order valence-corrected chi connectivity index (χ2v) is 3.79. The highest BCUT2D eigenvalue weighted by molar-refractivity contribution is 5.81. The molecule has 2 heterocycles. The fourth-order valence-electron chi connectivity index (χ4n) is 1.91. The van der Waals surface area contributed by atoms with Crippen LogP contribution in [0.3, 0.4) is 0 Å². The van der Waals surface area contributed by atoms with Crippen LogP contribution in [0.1, 0.15) is 19.8 Å². The topological polar surface area (TPSA) is 48.5 Å². The molecule has 0 aromatic rings. The fourth-order valence-corrected chi connectivity index (χ4v) is 1.91. The molecule has 0 bridgehead atoms. The van der Waals surface area contributed by atoms with Crippen LogP contribution in [0.25, 0.3) is 0 Å². The van der Waals surface area contributed by atoms with Gasteiger partial charge in [-0.15, -0.1) is 0 Å². The minimum absolute atomic E-state index is 0.540. The number of nitrogens with one attached hydrogen (secondary N) is 3. The summed E-state index contributed by atoms with van der Waals surface area (Å²) in [6.07, 6.45) is 2.50. The first-order valence-corrected chi connectivity index (χ1v) is 5.14. The Morgan fingerprint density at radius 2 is 2.38 bits per heavy atom. The van der Waals surface area contributed by atoms with Crippen LogP contribution in [0.5, 0.6) is 0 Å². The van der Waals surface area contributed by atoms with Gasteiger partial charge in [0.05, 0.1) is 6.54 Å². The summed E-state index contributed by atoms with van der Waals surface area (Å²) in [6, 6.07) is 1.09. The Labute approximate surface area is 79.2 Å². The number of hydrogen-bond donors (Lipinski definition) is 3. The maximum Gasteiger partial charge on any atom is 0.191 e.